The molecule has 18 heavy (non-hydrogen) atoms. The zero-order valence-corrected chi connectivity index (χ0v) is 11.4. The summed E-state index contributed by atoms with van der Waals surface area (Å²) in [6, 6.07) is 5.89. The van der Waals surface area contributed by atoms with E-state index in [1.165, 1.54) is 0 Å². The monoisotopic (exact) mass is 251 g/mol. The first-order chi connectivity index (χ1) is 8.49. The summed E-state index contributed by atoms with van der Waals surface area (Å²) < 4.78 is 10.4. The highest BCUT2D eigenvalue weighted by Gasteiger charge is 2.19. The lowest BCUT2D eigenvalue weighted by atomic mass is 9.92. The van der Waals surface area contributed by atoms with Crippen molar-refractivity contribution < 1.29 is 14.3 Å². The van der Waals surface area contributed by atoms with Crippen molar-refractivity contribution in [1.29, 1.82) is 0 Å². The number of esters is 1. The van der Waals surface area contributed by atoms with Crippen LogP contribution in [0.15, 0.2) is 18.2 Å². The van der Waals surface area contributed by atoms with E-state index in [4.69, 9.17) is 15.2 Å². The third-order valence-corrected chi connectivity index (χ3v) is 3.16. The van der Waals surface area contributed by atoms with Gasteiger partial charge in [0.15, 0.2) is 0 Å². The molecule has 0 radical (unpaired) electrons. The summed E-state index contributed by atoms with van der Waals surface area (Å²) >= 11 is 0. The Morgan fingerprint density at radius 2 is 2.06 bits per heavy atom. The predicted octanol–water partition coefficient (Wildman–Crippen LogP) is 2.00. The second-order valence-electron chi connectivity index (χ2n) is 4.41. The molecule has 0 heterocycles. The lowest BCUT2D eigenvalue weighted by Crippen LogP contribution is -2.25. The molecule has 0 aliphatic rings. The largest absolute Gasteiger partial charge is 0.497 e. The zero-order chi connectivity index (χ0) is 13.7. The Morgan fingerprint density at radius 1 is 1.39 bits per heavy atom. The molecule has 2 atom stereocenters. The smallest absolute Gasteiger partial charge is 0.319 e. The quantitative estimate of drug-likeness (QED) is 0.813. The fraction of sp³-hybridized carbons (Fsp3) is 0.500. The van der Waals surface area contributed by atoms with Gasteiger partial charge in [-0.05, 0) is 37.1 Å². The molecule has 0 spiro atoms. The van der Waals surface area contributed by atoms with E-state index in [1.54, 1.807) is 7.11 Å². The zero-order valence-electron chi connectivity index (χ0n) is 11.4. The Balaban J connectivity index is 2.83. The fourth-order valence-corrected chi connectivity index (χ4v) is 1.90. The number of aryl methyl sites for hydroxylation is 1. The lowest BCUT2D eigenvalue weighted by Gasteiger charge is -2.22. The van der Waals surface area contributed by atoms with E-state index in [9.17, 15) is 4.79 Å². The van der Waals surface area contributed by atoms with Crippen LogP contribution in [-0.2, 0) is 9.53 Å². The van der Waals surface area contributed by atoms with Crippen LogP contribution >= 0.6 is 0 Å². The molecule has 100 valence electrons. The van der Waals surface area contributed by atoms with Gasteiger partial charge in [0.05, 0.1) is 13.7 Å². The molecule has 2 N–H and O–H groups in total. The molecule has 0 amide bonds. The molecule has 0 bridgehead atoms. The van der Waals surface area contributed by atoms with E-state index < -0.39 is 0 Å². The van der Waals surface area contributed by atoms with Gasteiger partial charge >= 0.3 is 5.97 Å². The molecule has 0 aromatic heterocycles. The van der Waals surface area contributed by atoms with Crippen molar-refractivity contribution in [2.45, 2.75) is 32.8 Å². The number of carbonyl (C=O) groups excluding carboxylic acids is 1. The first kappa shape index (κ1) is 14.5. The van der Waals surface area contributed by atoms with Crippen LogP contribution in [0.1, 0.15) is 30.9 Å². The number of methoxy groups -OCH3 is 1. The van der Waals surface area contributed by atoms with Gasteiger partial charge in [0.1, 0.15) is 11.9 Å². The number of rotatable bonds is 5. The molecule has 4 heteroatoms. The molecule has 0 unspecified atom stereocenters. The van der Waals surface area contributed by atoms with Gasteiger partial charge in [-0.2, -0.15) is 0 Å². The number of hydrogen-bond acceptors (Lipinski definition) is 4. The van der Waals surface area contributed by atoms with Gasteiger partial charge in [-0.15, -0.1) is 0 Å². The summed E-state index contributed by atoms with van der Waals surface area (Å²) in [5.74, 6) is 0.571. The Hall–Kier alpha value is -1.55. The first-order valence-electron chi connectivity index (χ1n) is 6.03. The minimum Gasteiger partial charge on any atom is -0.497 e. The summed E-state index contributed by atoms with van der Waals surface area (Å²) in [5.41, 5.74) is 7.50. The number of nitrogens with two attached hydrogens (primary N) is 1. The Labute approximate surface area is 108 Å². The Kier molecular flexibility index (Phi) is 5.16. The summed E-state index contributed by atoms with van der Waals surface area (Å²) in [5, 5.41) is 0. The third-order valence-electron chi connectivity index (χ3n) is 3.16. The highest BCUT2D eigenvalue weighted by Crippen LogP contribution is 2.27. The fourth-order valence-electron chi connectivity index (χ4n) is 1.90. The lowest BCUT2D eigenvalue weighted by molar-refractivity contribution is -0.147. The molecule has 1 rings (SSSR count). The molecule has 1 aromatic rings. The van der Waals surface area contributed by atoms with E-state index in [2.05, 4.69) is 0 Å². The van der Waals surface area contributed by atoms with Crippen LogP contribution in [0.25, 0.3) is 0 Å². The van der Waals surface area contributed by atoms with Crippen LogP contribution in [0.4, 0.5) is 0 Å². The van der Waals surface area contributed by atoms with E-state index >= 15 is 0 Å². The standard InChI is InChI=1S/C14H21NO3/c1-9-7-12(17-4)5-6-13(9)10(2)11(3)18-14(16)8-15/h5-7,10-11H,8,15H2,1-4H3/t10-,11+/m0/s1. The van der Waals surface area contributed by atoms with Crippen molar-refractivity contribution in [3.05, 3.63) is 29.3 Å². The maximum absolute atomic E-state index is 11.2. The predicted molar refractivity (Wildman–Crippen MR) is 70.8 cm³/mol. The molecular weight excluding hydrogens is 230 g/mol. The van der Waals surface area contributed by atoms with Crippen LogP contribution in [0.3, 0.4) is 0 Å². The van der Waals surface area contributed by atoms with Crippen molar-refractivity contribution >= 4 is 5.97 Å². The van der Waals surface area contributed by atoms with E-state index in [-0.39, 0.29) is 24.5 Å². The molecular formula is C14H21NO3. The highest BCUT2D eigenvalue weighted by molar-refractivity contribution is 5.71. The second kappa shape index (κ2) is 6.40. The minimum atomic E-state index is -0.375. The van der Waals surface area contributed by atoms with Gasteiger partial charge < -0.3 is 15.2 Å². The third kappa shape index (κ3) is 3.47. The number of benzene rings is 1. The van der Waals surface area contributed by atoms with Crippen LogP contribution in [0.5, 0.6) is 5.75 Å². The topological polar surface area (TPSA) is 61.5 Å². The number of hydrogen-bond donors (Lipinski definition) is 1. The van der Waals surface area contributed by atoms with Crippen LogP contribution in [0.2, 0.25) is 0 Å². The Morgan fingerprint density at radius 3 is 2.56 bits per heavy atom. The van der Waals surface area contributed by atoms with Gasteiger partial charge in [0.2, 0.25) is 0 Å². The van der Waals surface area contributed by atoms with E-state index in [1.807, 2.05) is 39.0 Å². The minimum absolute atomic E-state index is 0.0847. The summed E-state index contributed by atoms with van der Waals surface area (Å²) in [4.78, 5) is 11.2. The maximum Gasteiger partial charge on any atom is 0.319 e. The molecule has 0 saturated heterocycles. The van der Waals surface area contributed by atoms with E-state index in [0.717, 1.165) is 16.9 Å². The highest BCUT2D eigenvalue weighted by atomic mass is 16.5. The van der Waals surface area contributed by atoms with Gasteiger partial charge in [-0.25, -0.2) is 0 Å². The molecule has 0 aliphatic heterocycles. The van der Waals surface area contributed by atoms with Crippen molar-refractivity contribution in [3.63, 3.8) is 0 Å². The number of carbonyl (C=O) groups is 1. The Bertz CT molecular complexity index is 418. The molecule has 1 aromatic carbocycles. The molecule has 4 nitrogen and oxygen atoms in total. The van der Waals surface area contributed by atoms with Gasteiger partial charge in [-0.3, -0.25) is 4.79 Å². The summed E-state index contributed by atoms with van der Waals surface area (Å²) in [7, 11) is 1.64. The SMILES string of the molecule is COc1ccc([C@@H](C)[C@@H](C)OC(=O)CN)c(C)c1. The van der Waals surface area contributed by atoms with E-state index in [0.29, 0.717) is 0 Å². The second-order valence-corrected chi connectivity index (χ2v) is 4.41. The van der Waals surface area contributed by atoms with Gasteiger partial charge in [0, 0.05) is 5.92 Å². The normalized spacial score (nSPS) is 13.8. The first-order valence-corrected chi connectivity index (χ1v) is 6.03. The van der Waals surface area contributed by atoms with Crippen molar-refractivity contribution in [2.24, 2.45) is 5.73 Å². The van der Waals surface area contributed by atoms with Gasteiger partial charge in [-0.1, -0.05) is 13.0 Å². The van der Waals surface area contributed by atoms with Crippen LogP contribution in [-0.4, -0.2) is 25.7 Å². The summed E-state index contributed by atoms with van der Waals surface area (Å²) in [6.07, 6.45) is -0.201. The molecule has 0 fully saturated rings. The maximum atomic E-state index is 11.2. The van der Waals surface area contributed by atoms with Gasteiger partial charge in [0.25, 0.3) is 0 Å². The summed E-state index contributed by atoms with van der Waals surface area (Å²) in [6.45, 7) is 5.84. The van der Waals surface area contributed by atoms with Crippen LogP contribution in [0, 0.1) is 6.92 Å². The average molecular weight is 251 g/mol. The number of ether oxygens (including phenoxy) is 2. The van der Waals surface area contributed by atoms with Crippen molar-refractivity contribution in [2.75, 3.05) is 13.7 Å². The van der Waals surface area contributed by atoms with Crippen LogP contribution < -0.4 is 10.5 Å². The van der Waals surface area contributed by atoms with Crippen molar-refractivity contribution in [1.82, 2.24) is 0 Å². The van der Waals surface area contributed by atoms with Crippen molar-refractivity contribution in [3.8, 4) is 5.75 Å². The molecule has 0 saturated carbocycles. The molecule has 0 aliphatic carbocycles. The average Bonchev–Trinajstić information content (AvgIpc) is 2.37.